The fourth-order valence-electron chi connectivity index (χ4n) is 3.74. The standard InChI is InChI=1S/C27H32FN3O2/c1-21(2)17-30(26(32)16-22-11-13-24(28)14-12-22)20-27(33)31(18-23-8-5-4-6-9-23)19-25-10-7-15-29(25)3/h4-15,21H,16-20H2,1-3H3. The number of hydrogen-bond acceptors (Lipinski definition) is 2. The molecular weight excluding hydrogens is 417 g/mol. The van der Waals surface area contributed by atoms with Crippen molar-refractivity contribution in [3.05, 3.63) is 95.6 Å². The van der Waals surface area contributed by atoms with E-state index in [1.165, 1.54) is 12.1 Å². The second-order valence-corrected chi connectivity index (χ2v) is 8.82. The van der Waals surface area contributed by atoms with Crippen molar-refractivity contribution in [2.75, 3.05) is 13.1 Å². The van der Waals surface area contributed by atoms with E-state index in [0.717, 1.165) is 16.8 Å². The van der Waals surface area contributed by atoms with Gasteiger partial charge in [0.2, 0.25) is 11.8 Å². The van der Waals surface area contributed by atoms with Gasteiger partial charge < -0.3 is 14.4 Å². The molecule has 0 bridgehead atoms. The molecule has 0 aliphatic heterocycles. The van der Waals surface area contributed by atoms with E-state index in [9.17, 15) is 14.0 Å². The molecule has 6 heteroatoms. The third kappa shape index (κ3) is 7.31. The maximum absolute atomic E-state index is 13.5. The van der Waals surface area contributed by atoms with Crippen LogP contribution in [0.15, 0.2) is 72.9 Å². The van der Waals surface area contributed by atoms with Gasteiger partial charge >= 0.3 is 0 Å². The molecule has 0 spiro atoms. The minimum Gasteiger partial charge on any atom is -0.353 e. The molecule has 0 saturated heterocycles. The highest BCUT2D eigenvalue weighted by molar-refractivity contribution is 5.86. The number of halogens is 1. The van der Waals surface area contributed by atoms with Gasteiger partial charge in [-0.25, -0.2) is 4.39 Å². The van der Waals surface area contributed by atoms with E-state index < -0.39 is 0 Å². The number of carbonyl (C=O) groups is 2. The summed E-state index contributed by atoms with van der Waals surface area (Å²) >= 11 is 0. The lowest BCUT2D eigenvalue weighted by Crippen LogP contribution is -2.44. The number of benzene rings is 2. The largest absolute Gasteiger partial charge is 0.353 e. The second kappa shape index (κ2) is 11.5. The Morgan fingerprint density at radius 2 is 1.55 bits per heavy atom. The summed E-state index contributed by atoms with van der Waals surface area (Å²) in [4.78, 5) is 29.9. The van der Waals surface area contributed by atoms with Crippen molar-refractivity contribution >= 4 is 11.8 Å². The number of aromatic nitrogens is 1. The monoisotopic (exact) mass is 449 g/mol. The minimum absolute atomic E-state index is 0.00939. The summed E-state index contributed by atoms with van der Waals surface area (Å²) in [5.74, 6) is -0.363. The number of hydrogen-bond donors (Lipinski definition) is 0. The van der Waals surface area contributed by atoms with Gasteiger partial charge in [0.1, 0.15) is 5.82 Å². The summed E-state index contributed by atoms with van der Waals surface area (Å²) in [6.07, 6.45) is 2.09. The lowest BCUT2D eigenvalue weighted by molar-refractivity contribution is -0.141. The third-order valence-electron chi connectivity index (χ3n) is 5.51. The van der Waals surface area contributed by atoms with Crippen molar-refractivity contribution in [1.82, 2.24) is 14.4 Å². The molecule has 5 nitrogen and oxygen atoms in total. The van der Waals surface area contributed by atoms with Crippen LogP contribution in [0.3, 0.4) is 0 Å². The van der Waals surface area contributed by atoms with Crippen LogP contribution in [0, 0.1) is 11.7 Å². The Hall–Kier alpha value is -3.41. The summed E-state index contributed by atoms with van der Waals surface area (Å²) in [5, 5.41) is 0. The van der Waals surface area contributed by atoms with Gasteiger partial charge in [-0.15, -0.1) is 0 Å². The normalized spacial score (nSPS) is 10.9. The zero-order valence-corrected chi connectivity index (χ0v) is 19.6. The molecule has 0 fully saturated rings. The van der Waals surface area contributed by atoms with Crippen LogP contribution < -0.4 is 0 Å². The van der Waals surface area contributed by atoms with E-state index in [4.69, 9.17) is 0 Å². The van der Waals surface area contributed by atoms with Crippen LogP contribution in [-0.4, -0.2) is 39.3 Å². The Morgan fingerprint density at radius 1 is 0.848 bits per heavy atom. The molecule has 0 aliphatic carbocycles. The second-order valence-electron chi connectivity index (χ2n) is 8.82. The number of nitrogens with zero attached hydrogens (tertiary/aromatic N) is 3. The lowest BCUT2D eigenvalue weighted by atomic mass is 10.1. The number of amides is 2. The minimum atomic E-state index is -0.336. The lowest BCUT2D eigenvalue weighted by Gasteiger charge is -2.29. The summed E-state index contributed by atoms with van der Waals surface area (Å²) in [6, 6.07) is 19.7. The summed E-state index contributed by atoms with van der Waals surface area (Å²) in [6.45, 7) is 5.46. The molecule has 0 aliphatic rings. The zero-order chi connectivity index (χ0) is 23.8. The summed E-state index contributed by atoms with van der Waals surface area (Å²) in [5.41, 5.74) is 2.79. The molecule has 174 valence electrons. The smallest absolute Gasteiger partial charge is 0.242 e. The average molecular weight is 450 g/mol. The fraction of sp³-hybridized carbons (Fsp3) is 0.333. The van der Waals surface area contributed by atoms with Crippen LogP contribution in [0.2, 0.25) is 0 Å². The van der Waals surface area contributed by atoms with E-state index in [1.54, 1.807) is 21.9 Å². The van der Waals surface area contributed by atoms with Gasteiger partial charge in [-0.3, -0.25) is 9.59 Å². The van der Waals surface area contributed by atoms with Crippen molar-refractivity contribution in [2.24, 2.45) is 13.0 Å². The van der Waals surface area contributed by atoms with Gasteiger partial charge in [0.05, 0.1) is 19.5 Å². The van der Waals surface area contributed by atoms with Crippen molar-refractivity contribution in [1.29, 1.82) is 0 Å². The Balaban J connectivity index is 1.76. The van der Waals surface area contributed by atoms with Crippen molar-refractivity contribution in [3.8, 4) is 0 Å². The molecule has 0 N–H and O–H groups in total. The molecule has 2 aromatic carbocycles. The number of rotatable bonds is 10. The fourth-order valence-corrected chi connectivity index (χ4v) is 3.74. The molecule has 3 rings (SSSR count). The van der Waals surface area contributed by atoms with Gasteiger partial charge in [-0.1, -0.05) is 56.3 Å². The molecule has 0 unspecified atom stereocenters. The van der Waals surface area contributed by atoms with Crippen molar-refractivity contribution in [2.45, 2.75) is 33.4 Å². The third-order valence-corrected chi connectivity index (χ3v) is 5.51. The SMILES string of the molecule is CC(C)CN(CC(=O)N(Cc1ccccc1)Cc1cccn1C)C(=O)Cc1ccc(F)cc1. The maximum atomic E-state index is 13.5. The summed E-state index contributed by atoms with van der Waals surface area (Å²) < 4.78 is 15.2. The Bertz CT molecular complexity index is 1040. The summed E-state index contributed by atoms with van der Waals surface area (Å²) in [7, 11) is 1.96. The average Bonchev–Trinajstić information content (AvgIpc) is 3.19. The predicted molar refractivity (Wildman–Crippen MR) is 128 cm³/mol. The maximum Gasteiger partial charge on any atom is 0.242 e. The van der Waals surface area contributed by atoms with Gasteiger partial charge in [0.25, 0.3) is 0 Å². The molecule has 3 aromatic rings. The van der Waals surface area contributed by atoms with Gasteiger partial charge in [0.15, 0.2) is 0 Å². The van der Waals surface area contributed by atoms with Crippen molar-refractivity contribution < 1.29 is 14.0 Å². The van der Waals surface area contributed by atoms with Crippen molar-refractivity contribution in [3.63, 3.8) is 0 Å². The zero-order valence-electron chi connectivity index (χ0n) is 19.6. The Labute approximate surface area is 195 Å². The predicted octanol–water partition coefficient (Wildman–Crippen LogP) is 4.42. The van der Waals surface area contributed by atoms with Crippen LogP contribution in [0.4, 0.5) is 4.39 Å². The Kier molecular flexibility index (Phi) is 8.41. The first-order valence-electron chi connectivity index (χ1n) is 11.3. The molecule has 0 atom stereocenters. The highest BCUT2D eigenvalue weighted by Crippen LogP contribution is 2.13. The molecule has 2 amide bonds. The Morgan fingerprint density at radius 3 is 2.15 bits per heavy atom. The van der Waals surface area contributed by atoms with Crippen LogP contribution in [0.1, 0.15) is 30.7 Å². The van der Waals surface area contributed by atoms with E-state index >= 15 is 0 Å². The van der Waals surface area contributed by atoms with E-state index in [-0.39, 0.29) is 36.5 Å². The van der Waals surface area contributed by atoms with Crippen LogP contribution >= 0.6 is 0 Å². The highest BCUT2D eigenvalue weighted by Gasteiger charge is 2.23. The first-order chi connectivity index (χ1) is 15.8. The topological polar surface area (TPSA) is 45.6 Å². The van der Waals surface area contributed by atoms with Crippen LogP contribution in [0.5, 0.6) is 0 Å². The molecule has 0 radical (unpaired) electrons. The quantitative estimate of drug-likeness (QED) is 0.460. The van der Waals surface area contributed by atoms with E-state index in [0.29, 0.717) is 19.6 Å². The first-order valence-corrected chi connectivity index (χ1v) is 11.3. The van der Waals surface area contributed by atoms with Crippen LogP contribution in [0.25, 0.3) is 0 Å². The molecule has 1 aromatic heterocycles. The van der Waals surface area contributed by atoms with Crippen LogP contribution in [-0.2, 0) is 36.1 Å². The number of aryl methyl sites for hydroxylation is 1. The van der Waals surface area contributed by atoms with E-state index in [2.05, 4.69) is 0 Å². The van der Waals surface area contributed by atoms with Gasteiger partial charge in [-0.2, -0.15) is 0 Å². The molecule has 0 saturated carbocycles. The first kappa shape index (κ1) is 24.2. The number of carbonyl (C=O) groups excluding carboxylic acids is 2. The molecule has 33 heavy (non-hydrogen) atoms. The van der Waals surface area contributed by atoms with E-state index in [1.807, 2.05) is 74.1 Å². The van der Waals surface area contributed by atoms with Gasteiger partial charge in [-0.05, 0) is 41.3 Å². The molecule has 1 heterocycles. The highest BCUT2D eigenvalue weighted by atomic mass is 19.1. The van der Waals surface area contributed by atoms with Gasteiger partial charge in [0, 0.05) is 32.0 Å². The molecular formula is C27H32FN3O2.